The Kier molecular flexibility index (Phi) is 6.43. The molecule has 2 fully saturated rings. The molecule has 8 nitrogen and oxygen atoms in total. The second-order valence-corrected chi connectivity index (χ2v) is 8.93. The summed E-state index contributed by atoms with van der Waals surface area (Å²) in [4.78, 5) is 51.8. The number of imide groups is 2. The fourth-order valence-corrected chi connectivity index (χ4v) is 3.83. The zero-order chi connectivity index (χ0) is 22.0. The van der Waals surface area contributed by atoms with Gasteiger partial charge in [0.1, 0.15) is 12.1 Å². The molecule has 2 aliphatic heterocycles. The number of nitrogens with one attached hydrogen (secondary N) is 2. The van der Waals surface area contributed by atoms with Crippen molar-refractivity contribution in [2.75, 3.05) is 0 Å². The van der Waals surface area contributed by atoms with Crippen molar-refractivity contribution in [3.8, 4) is 0 Å². The third-order valence-electron chi connectivity index (χ3n) is 5.33. The van der Waals surface area contributed by atoms with Crippen molar-refractivity contribution >= 4 is 23.9 Å². The van der Waals surface area contributed by atoms with Crippen LogP contribution in [0.2, 0.25) is 0 Å². The second kappa shape index (κ2) is 8.85. The summed E-state index contributed by atoms with van der Waals surface area (Å²) in [6.07, 6.45) is 1.23. The van der Waals surface area contributed by atoms with E-state index in [-0.39, 0.29) is 37.0 Å². The predicted octanol–water partition coefficient (Wildman–Crippen LogP) is 2.62. The van der Waals surface area contributed by atoms with E-state index in [1.54, 1.807) is 0 Å². The lowest BCUT2D eigenvalue weighted by Crippen LogP contribution is -2.32. The molecule has 0 unspecified atom stereocenters. The van der Waals surface area contributed by atoms with Crippen molar-refractivity contribution < 1.29 is 19.2 Å². The highest BCUT2D eigenvalue weighted by atomic mass is 16.2. The Morgan fingerprint density at radius 1 is 0.700 bits per heavy atom. The Morgan fingerprint density at radius 2 is 1.03 bits per heavy atom. The summed E-state index contributed by atoms with van der Waals surface area (Å²) >= 11 is 0. The monoisotopic (exact) mass is 414 g/mol. The summed E-state index contributed by atoms with van der Waals surface area (Å²) in [6.45, 7) is 8.43. The SMILES string of the molecule is CC(C)C[C@@H]1NC(=O)N(Cc2ccc(CN3C(=O)N[C@H](CC(C)C)C3=O)cc2)C1=O. The zero-order valence-corrected chi connectivity index (χ0v) is 18.0. The Labute approximate surface area is 177 Å². The molecule has 0 aliphatic carbocycles. The molecule has 2 heterocycles. The molecule has 2 N–H and O–H groups in total. The first-order valence-corrected chi connectivity index (χ1v) is 10.5. The maximum atomic E-state index is 12.5. The third kappa shape index (κ3) is 4.80. The van der Waals surface area contributed by atoms with Crippen LogP contribution in [0.25, 0.3) is 0 Å². The molecule has 0 aromatic heterocycles. The molecule has 1 aromatic rings. The molecule has 6 amide bonds. The van der Waals surface area contributed by atoms with Crippen LogP contribution in [0, 0.1) is 11.8 Å². The third-order valence-corrected chi connectivity index (χ3v) is 5.33. The molecule has 2 saturated heterocycles. The van der Waals surface area contributed by atoms with Gasteiger partial charge in [-0.3, -0.25) is 19.4 Å². The number of benzene rings is 1. The number of urea groups is 2. The van der Waals surface area contributed by atoms with Crippen molar-refractivity contribution in [1.82, 2.24) is 20.4 Å². The van der Waals surface area contributed by atoms with Crippen LogP contribution in [-0.4, -0.2) is 45.8 Å². The van der Waals surface area contributed by atoms with Crippen molar-refractivity contribution in [1.29, 1.82) is 0 Å². The summed E-state index contributed by atoms with van der Waals surface area (Å²) in [5.74, 6) is 0.217. The highest BCUT2D eigenvalue weighted by Gasteiger charge is 2.39. The summed E-state index contributed by atoms with van der Waals surface area (Å²) in [6, 6.07) is 5.60. The van der Waals surface area contributed by atoms with Gasteiger partial charge in [0, 0.05) is 0 Å². The molecular weight excluding hydrogens is 384 g/mol. The van der Waals surface area contributed by atoms with Crippen molar-refractivity contribution in [3.05, 3.63) is 35.4 Å². The van der Waals surface area contributed by atoms with Gasteiger partial charge in [-0.1, -0.05) is 52.0 Å². The number of carbonyl (C=O) groups excluding carboxylic acids is 4. The Bertz CT molecular complexity index is 765. The maximum absolute atomic E-state index is 12.5. The van der Waals surface area contributed by atoms with Crippen LogP contribution in [0.5, 0.6) is 0 Å². The van der Waals surface area contributed by atoms with Gasteiger partial charge in [0.25, 0.3) is 11.8 Å². The smallest absolute Gasteiger partial charge is 0.325 e. The summed E-state index contributed by atoms with van der Waals surface area (Å²) in [5, 5.41) is 5.48. The molecule has 162 valence electrons. The first-order chi connectivity index (χ1) is 14.2. The normalized spacial score (nSPS) is 21.8. The van der Waals surface area contributed by atoms with E-state index in [4.69, 9.17) is 0 Å². The number of amides is 6. The highest BCUT2D eigenvalue weighted by molar-refractivity contribution is 6.04. The Morgan fingerprint density at radius 3 is 1.33 bits per heavy atom. The molecule has 0 saturated carbocycles. The lowest BCUT2D eigenvalue weighted by Gasteiger charge is -2.16. The van der Waals surface area contributed by atoms with Crippen molar-refractivity contribution in [3.63, 3.8) is 0 Å². The average molecular weight is 415 g/mol. The average Bonchev–Trinajstić information content (AvgIpc) is 3.06. The minimum Gasteiger partial charge on any atom is -0.326 e. The minimum atomic E-state index is -0.463. The van der Waals surface area contributed by atoms with Gasteiger partial charge in [-0.25, -0.2) is 9.59 Å². The van der Waals surface area contributed by atoms with E-state index in [1.807, 2.05) is 52.0 Å². The standard InChI is InChI=1S/C22H30N4O4/c1-13(2)9-17-19(27)25(21(29)23-17)11-15-5-7-16(8-6-15)12-26-20(28)18(10-14(3)4)24-22(26)30/h5-8,13-14,17-18H,9-12H2,1-4H3,(H,23,29)(H,24,30)/t17-,18+. The largest absolute Gasteiger partial charge is 0.326 e. The quantitative estimate of drug-likeness (QED) is 0.639. The summed E-state index contributed by atoms with van der Waals surface area (Å²) in [7, 11) is 0. The van der Waals surface area contributed by atoms with E-state index in [1.165, 1.54) is 9.80 Å². The lowest BCUT2D eigenvalue weighted by molar-refractivity contribution is -0.129. The van der Waals surface area contributed by atoms with E-state index >= 15 is 0 Å². The number of carbonyl (C=O) groups is 4. The van der Waals surface area contributed by atoms with Crippen molar-refractivity contribution in [2.24, 2.45) is 11.8 Å². The zero-order valence-electron chi connectivity index (χ0n) is 18.0. The number of rotatable bonds is 8. The molecular formula is C22H30N4O4. The molecule has 0 radical (unpaired) electrons. The fraction of sp³-hybridized carbons (Fsp3) is 0.545. The first kappa shape index (κ1) is 21.8. The molecule has 0 bridgehead atoms. The number of hydrogen-bond donors (Lipinski definition) is 2. The molecule has 1 aromatic carbocycles. The van der Waals surface area contributed by atoms with Crippen LogP contribution in [0.15, 0.2) is 24.3 Å². The Balaban J connectivity index is 1.60. The van der Waals surface area contributed by atoms with Gasteiger partial charge in [0.15, 0.2) is 0 Å². The highest BCUT2D eigenvalue weighted by Crippen LogP contribution is 2.19. The van der Waals surface area contributed by atoms with Crippen LogP contribution in [0.1, 0.15) is 51.7 Å². The second-order valence-electron chi connectivity index (χ2n) is 8.93. The van der Waals surface area contributed by atoms with Crippen molar-refractivity contribution in [2.45, 2.75) is 65.7 Å². The van der Waals surface area contributed by atoms with Gasteiger partial charge in [0.05, 0.1) is 13.1 Å². The first-order valence-electron chi connectivity index (χ1n) is 10.5. The summed E-state index contributed by atoms with van der Waals surface area (Å²) < 4.78 is 0. The fourth-order valence-electron chi connectivity index (χ4n) is 3.83. The molecule has 8 heteroatoms. The van der Waals surface area contributed by atoms with Gasteiger partial charge < -0.3 is 10.6 Å². The molecule has 2 atom stereocenters. The molecule has 3 rings (SSSR count). The van der Waals surface area contributed by atoms with Crippen LogP contribution < -0.4 is 10.6 Å². The Hall–Kier alpha value is -2.90. The maximum Gasteiger partial charge on any atom is 0.325 e. The van der Waals surface area contributed by atoms with Gasteiger partial charge in [-0.15, -0.1) is 0 Å². The van der Waals surface area contributed by atoms with E-state index < -0.39 is 12.1 Å². The van der Waals surface area contributed by atoms with E-state index in [0.29, 0.717) is 24.7 Å². The predicted molar refractivity (Wildman–Crippen MR) is 111 cm³/mol. The molecule has 0 spiro atoms. The molecule has 2 aliphatic rings. The molecule has 30 heavy (non-hydrogen) atoms. The van der Waals surface area contributed by atoms with Gasteiger partial charge in [-0.05, 0) is 35.8 Å². The van der Waals surface area contributed by atoms with Gasteiger partial charge in [0.2, 0.25) is 0 Å². The van der Waals surface area contributed by atoms with Crippen LogP contribution in [0.4, 0.5) is 9.59 Å². The van der Waals surface area contributed by atoms with Gasteiger partial charge in [-0.2, -0.15) is 0 Å². The van der Waals surface area contributed by atoms with E-state index in [0.717, 1.165) is 11.1 Å². The summed E-state index contributed by atoms with van der Waals surface area (Å²) in [5.41, 5.74) is 1.62. The topological polar surface area (TPSA) is 98.8 Å². The van der Waals surface area contributed by atoms with E-state index in [2.05, 4.69) is 10.6 Å². The van der Waals surface area contributed by atoms with Gasteiger partial charge >= 0.3 is 12.1 Å². The number of nitrogens with zero attached hydrogens (tertiary/aromatic N) is 2. The minimum absolute atomic E-state index is 0.194. The van der Waals surface area contributed by atoms with Crippen LogP contribution in [-0.2, 0) is 22.7 Å². The van der Waals surface area contributed by atoms with Crippen LogP contribution in [0.3, 0.4) is 0 Å². The van der Waals surface area contributed by atoms with Crippen LogP contribution >= 0.6 is 0 Å². The van der Waals surface area contributed by atoms with E-state index in [9.17, 15) is 19.2 Å². The lowest BCUT2D eigenvalue weighted by atomic mass is 10.0. The number of hydrogen-bond acceptors (Lipinski definition) is 4.